The molecule has 1 aromatic heterocycles. The molecule has 174 valence electrons. The van der Waals surface area contributed by atoms with E-state index in [1.165, 1.54) is 24.3 Å². The number of unbranched alkanes of at least 4 members (excludes halogenated alkanes) is 2. The lowest BCUT2D eigenvalue weighted by Gasteiger charge is -2.22. The summed E-state index contributed by atoms with van der Waals surface area (Å²) in [5, 5.41) is 18.4. The summed E-state index contributed by atoms with van der Waals surface area (Å²) >= 11 is 0. The van der Waals surface area contributed by atoms with Crippen LogP contribution in [-0.2, 0) is 6.42 Å². The van der Waals surface area contributed by atoms with Gasteiger partial charge in [-0.05, 0) is 55.7 Å². The van der Waals surface area contributed by atoms with Crippen molar-refractivity contribution in [1.82, 2.24) is 15.1 Å². The quantitative estimate of drug-likeness (QED) is 0.273. The molecule has 3 rings (SSSR count). The number of rotatable bonds is 10. The van der Waals surface area contributed by atoms with Crippen molar-refractivity contribution in [2.45, 2.75) is 25.7 Å². The highest BCUT2D eigenvalue weighted by molar-refractivity contribution is 6.00. The van der Waals surface area contributed by atoms with Crippen LogP contribution in [0, 0.1) is 15.9 Å². The Balaban J connectivity index is 1.49. The molecule has 1 heterocycles. The molecule has 0 fully saturated rings. The summed E-state index contributed by atoms with van der Waals surface area (Å²) in [6.07, 6.45) is 3.47. The number of aryl methyl sites for hydroxylation is 1. The number of hydrogen-bond donors (Lipinski definition) is 1. The van der Waals surface area contributed by atoms with Crippen LogP contribution < -0.4 is 4.90 Å². The fraction of sp³-hybridized carbons (Fsp3) is 0.333. The first kappa shape index (κ1) is 23.9. The van der Waals surface area contributed by atoms with Crippen LogP contribution in [0.2, 0.25) is 0 Å². The second-order valence-corrected chi connectivity index (χ2v) is 8.18. The first-order valence-corrected chi connectivity index (χ1v) is 10.8. The molecular weight excluding hydrogens is 425 g/mol. The number of carbonyl (C=O) groups is 1. The highest BCUT2D eigenvalue weighted by Gasteiger charge is 2.20. The number of amides is 1. The van der Waals surface area contributed by atoms with E-state index in [-0.39, 0.29) is 17.4 Å². The number of aromatic nitrogens is 2. The number of nitro groups is 1. The van der Waals surface area contributed by atoms with E-state index in [9.17, 15) is 19.3 Å². The molecule has 9 heteroatoms. The summed E-state index contributed by atoms with van der Waals surface area (Å²) in [6, 6.07) is 12.5. The first-order chi connectivity index (χ1) is 15.8. The van der Waals surface area contributed by atoms with Gasteiger partial charge >= 0.3 is 0 Å². The number of non-ortho nitro benzene ring substituents is 1. The summed E-state index contributed by atoms with van der Waals surface area (Å²) in [4.78, 5) is 26.9. The average molecular weight is 454 g/mol. The number of carbonyl (C=O) groups excluding carboxylic acids is 1. The van der Waals surface area contributed by atoms with E-state index in [2.05, 4.69) is 10.2 Å². The molecule has 1 N–H and O–H groups in total. The van der Waals surface area contributed by atoms with Gasteiger partial charge in [0, 0.05) is 56.8 Å². The molecule has 2 aromatic carbocycles. The maximum absolute atomic E-state index is 13.1. The molecule has 0 unspecified atom stereocenters. The minimum absolute atomic E-state index is 0.100. The van der Waals surface area contributed by atoms with E-state index >= 15 is 0 Å². The second kappa shape index (κ2) is 10.7. The number of hydrogen-bond acceptors (Lipinski definition) is 5. The number of halogens is 1. The lowest BCUT2D eigenvalue weighted by Crippen LogP contribution is -2.29. The van der Waals surface area contributed by atoms with Crippen LogP contribution in [0.3, 0.4) is 0 Å². The number of nitrogens with zero attached hydrogens (tertiary/aromatic N) is 4. The van der Waals surface area contributed by atoms with Crippen LogP contribution >= 0.6 is 0 Å². The fourth-order valence-electron chi connectivity index (χ4n) is 3.61. The Bertz CT molecular complexity index is 1110. The standard InChI is InChI=1S/C24H28FN5O3/c1-28(2)23-13-12-20(30(32)33)16-21(23)24(31)29(3)14-6-4-5-7-19-15-22(27-26-19)17-8-10-18(25)11-9-17/h8-13,15-16H,4-7,14H2,1-3H3,(H,26,27). The molecule has 3 aromatic rings. The van der Waals surface area contributed by atoms with Gasteiger partial charge in [-0.15, -0.1) is 0 Å². The van der Waals surface area contributed by atoms with E-state index in [1.54, 1.807) is 49.1 Å². The van der Waals surface area contributed by atoms with Crippen LogP contribution in [0.15, 0.2) is 48.5 Å². The van der Waals surface area contributed by atoms with E-state index in [0.717, 1.165) is 42.6 Å². The summed E-state index contributed by atoms with van der Waals surface area (Å²) in [5.74, 6) is -0.513. The Morgan fingerprint density at radius 1 is 1.06 bits per heavy atom. The molecule has 8 nitrogen and oxygen atoms in total. The van der Waals surface area contributed by atoms with Crippen LogP contribution in [-0.4, -0.2) is 53.6 Å². The zero-order valence-electron chi connectivity index (χ0n) is 19.0. The van der Waals surface area contributed by atoms with Gasteiger partial charge in [0.2, 0.25) is 0 Å². The SMILES string of the molecule is CN(CCCCCc1cc(-c2ccc(F)cc2)n[nH]1)C(=O)c1cc([N+](=O)[O-])ccc1N(C)C. The molecule has 0 aliphatic carbocycles. The summed E-state index contributed by atoms with van der Waals surface area (Å²) in [6.45, 7) is 0.554. The van der Waals surface area contributed by atoms with Crippen molar-refractivity contribution in [3.05, 3.63) is 75.7 Å². The van der Waals surface area contributed by atoms with Gasteiger partial charge in [-0.1, -0.05) is 6.42 Å². The Morgan fingerprint density at radius 2 is 1.79 bits per heavy atom. The second-order valence-electron chi connectivity index (χ2n) is 8.18. The fourth-order valence-corrected chi connectivity index (χ4v) is 3.61. The van der Waals surface area contributed by atoms with E-state index in [4.69, 9.17) is 0 Å². The predicted octanol–water partition coefficient (Wildman–Crippen LogP) is 4.68. The van der Waals surface area contributed by atoms with Gasteiger partial charge in [-0.25, -0.2) is 4.39 Å². The molecule has 0 bridgehead atoms. The topological polar surface area (TPSA) is 95.4 Å². The molecule has 0 saturated heterocycles. The maximum atomic E-state index is 13.1. The summed E-state index contributed by atoms with van der Waals surface area (Å²) in [7, 11) is 5.31. The van der Waals surface area contributed by atoms with Crippen LogP contribution in [0.1, 0.15) is 35.3 Å². The largest absolute Gasteiger partial charge is 0.377 e. The van der Waals surface area contributed by atoms with E-state index in [0.29, 0.717) is 17.8 Å². The minimum atomic E-state index is -0.493. The van der Waals surface area contributed by atoms with Crippen molar-refractivity contribution < 1.29 is 14.1 Å². The third kappa shape index (κ3) is 6.15. The number of aromatic amines is 1. The van der Waals surface area contributed by atoms with E-state index in [1.807, 2.05) is 6.07 Å². The van der Waals surface area contributed by atoms with Gasteiger partial charge in [0.25, 0.3) is 11.6 Å². The first-order valence-electron chi connectivity index (χ1n) is 10.8. The van der Waals surface area contributed by atoms with Gasteiger partial charge in [0.15, 0.2) is 0 Å². The molecular formula is C24H28FN5O3. The minimum Gasteiger partial charge on any atom is -0.377 e. The van der Waals surface area contributed by atoms with Gasteiger partial charge in [0.05, 0.1) is 16.2 Å². The molecule has 0 radical (unpaired) electrons. The van der Waals surface area contributed by atoms with Crippen molar-refractivity contribution in [1.29, 1.82) is 0 Å². The smallest absolute Gasteiger partial charge is 0.270 e. The maximum Gasteiger partial charge on any atom is 0.270 e. The Morgan fingerprint density at radius 3 is 2.45 bits per heavy atom. The number of nitro benzene ring substituents is 1. The highest BCUT2D eigenvalue weighted by Crippen LogP contribution is 2.25. The van der Waals surface area contributed by atoms with Crippen molar-refractivity contribution >= 4 is 17.3 Å². The van der Waals surface area contributed by atoms with Gasteiger partial charge in [0.1, 0.15) is 5.82 Å². The summed E-state index contributed by atoms with van der Waals surface area (Å²) < 4.78 is 13.1. The monoisotopic (exact) mass is 453 g/mol. The van der Waals surface area contributed by atoms with Crippen molar-refractivity contribution in [3.63, 3.8) is 0 Å². The average Bonchev–Trinajstić information content (AvgIpc) is 3.27. The van der Waals surface area contributed by atoms with Crippen molar-refractivity contribution in [3.8, 4) is 11.3 Å². The molecule has 0 spiro atoms. The van der Waals surface area contributed by atoms with Crippen LogP contribution in [0.5, 0.6) is 0 Å². The molecule has 0 aliphatic heterocycles. The number of benzene rings is 2. The van der Waals surface area contributed by atoms with Crippen molar-refractivity contribution in [2.24, 2.45) is 0 Å². The third-order valence-electron chi connectivity index (χ3n) is 5.46. The van der Waals surface area contributed by atoms with Crippen LogP contribution in [0.4, 0.5) is 15.8 Å². The van der Waals surface area contributed by atoms with Gasteiger partial charge in [-0.2, -0.15) is 5.10 Å². The molecule has 0 aliphatic rings. The number of nitrogens with one attached hydrogen (secondary N) is 1. The lowest BCUT2D eigenvalue weighted by atomic mass is 10.1. The Hall–Kier alpha value is -3.75. The lowest BCUT2D eigenvalue weighted by molar-refractivity contribution is -0.384. The molecule has 0 saturated carbocycles. The molecule has 33 heavy (non-hydrogen) atoms. The number of H-pyrrole nitrogens is 1. The van der Waals surface area contributed by atoms with Gasteiger partial charge in [-0.3, -0.25) is 20.0 Å². The zero-order chi connectivity index (χ0) is 24.0. The van der Waals surface area contributed by atoms with Gasteiger partial charge < -0.3 is 9.80 Å². The highest BCUT2D eigenvalue weighted by atomic mass is 19.1. The van der Waals surface area contributed by atoms with Crippen LogP contribution in [0.25, 0.3) is 11.3 Å². The van der Waals surface area contributed by atoms with Crippen molar-refractivity contribution in [2.75, 3.05) is 32.6 Å². The number of anilines is 1. The summed E-state index contributed by atoms with van der Waals surface area (Å²) in [5.41, 5.74) is 3.51. The van der Waals surface area contributed by atoms with E-state index < -0.39 is 4.92 Å². The molecule has 1 amide bonds. The predicted molar refractivity (Wildman–Crippen MR) is 126 cm³/mol. The third-order valence-corrected chi connectivity index (χ3v) is 5.46. The normalized spacial score (nSPS) is 10.8. The Labute approximate surface area is 192 Å². The molecule has 0 atom stereocenters. The zero-order valence-corrected chi connectivity index (χ0v) is 19.0. The Kier molecular flexibility index (Phi) is 7.76.